The van der Waals surface area contributed by atoms with Crippen LogP contribution in [0.15, 0.2) is 48.7 Å². The number of hydrogen-bond acceptors (Lipinski definition) is 3. The monoisotopic (exact) mass is 378 g/mol. The predicted molar refractivity (Wildman–Crippen MR) is 95.5 cm³/mol. The Kier molecular flexibility index (Phi) is 5.18. The molecule has 1 unspecified atom stereocenters. The van der Waals surface area contributed by atoms with Crippen LogP contribution in [0.5, 0.6) is 0 Å². The van der Waals surface area contributed by atoms with E-state index in [1.54, 1.807) is 36.4 Å². The first-order valence-electron chi connectivity index (χ1n) is 7.40. The molecule has 0 saturated carbocycles. The molecule has 128 valence electrons. The van der Waals surface area contributed by atoms with E-state index in [9.17, 15) is 14.3 Å². The number of pyridine rings is 1. The summed E-state index contributed by atoms with van der Waals surface area (Å²) in [6.45, 7) is -0.0311. The molecule has 0 fully saturated rings. The Labute approximate surface area is 153 Å². The summed E-state index contributed by atoms with van der Waals surface area (Å²) in [7, 11) is 0. The van der Waals surface area contributed by atoms with Crippen LogP contribution in [0.4, 0.5) is 4.39 Å². The molecule has 7 heteroatoms. The van der Waals surface area contributed by atoms with Gasteiger partial charge in [-0.1, -0.05) is 35.3 Å². The second-order valence-corrected chi connectivity index (χ2v) is 6.34. The fourth-order valence-electron chi connectivity index (χ4n) is 2.42. The highest BCUT2D eigenvalue weighted by Gasteiger charge is 2.13. The van der Waals surface area contributed by atoms with Gasteiger partial charge in [-0.25, -0.2) is 4.39 Å². The number of halogens is 3. The van der Waals surface area contributed by atoms with E-state index in [1.165, 1.54) is 12.3 Å². The largest absolute Gasteiger partial charge is 0.387 e. The Morgan fingerprint density at radius 2 is 1.92 bits per heavy atom. The van der Waals surface area contributed by atoms with Crippen molar-refractivity contribution in [1.82, 2.24) is 10.3 Å². The second kappa shape index (κ2) is 7.35. The van der Waals surface area contributed by atoms with Gasteiger partial charge in [-0.05, 0) is 35.9 Å². The number of hydrogen-bond donors (Lipinski definition) is 2. The van der Waals surface area contributed by atoms with Crippen LogP contribution in [0.1, 0.15) is 22.0 Å². The molecule has 1 heterocycles. The minimum absolute atomic E-state index is 0.0311. The minimum Gasteiger partial charge on any atom is -0.387 e. The van der Waals surface area contributed by atoms with Crippen molar-refractivity contribution >= 4 is 40.0 Å². The summed E-state index contributed by atoms with van der Waals surface area (Å²) in [5.41, 5.74) is 0.971. The van der Waals surface area contributed by atoms with E-state index in [4.69, 9.17) is 23.2 Å². The Bertz CT molecular complexity index is 929. The van der Waals surface area contributed by atoms with Gasteiger partial charge in [0.15, 0.2) is 0 Å². The molecule has 2 N–H and O–H groups in total. The Morgan fingerprint density at radius 1 is 1.20 bits per heavy atom. The molecule has 0 radical (unpaired) electrons. The van der Waals surface area contributed by atoms with E-state index in [1.807, 2.05) is 0 Å². The zero-order chi connectivity index (χ0) is 18.0. The Morgan fingerprint density at radius 3 is 2.64 bits per heavy atom. The molecule has 0 aliphatic rings. The summed E-state index contributed by atoms with van der Waals surface area (Å²) in [4.78, 5) is 16.2. The van der Waals surface area contributed by atoms with Gasteiger partial charge in [-0.3, -0.25) is 9.78 Å². The molecule has 0 saturated heterocycles. The number of nitrogens with zero attached hydrogens (tertiary/aromatic N) is 1. The Balaban J connectivity index is 1.72. The van der Waals surface area contributed by atoms with Gasteiger partial charge >= 0.3 is 0 Å². The molecule has 1 aromatic heterocycles. The van der Waals surface area contributed by atoms with Crippen molar-refractivity contribution in [3.05, 3.63) is 75.7 Å². The average molecular weight is 379 g/mol. The number of fused-ring (bicyclic) bond motifs is 1. The molecular formula is C18H13Cl2FN2O2. The molecule has 0 bridgehead atoms. The lowest BCUT2D eigenvalue weighted by atomic mass is 10.1. The van der Waals surface area contributed by atoms with Crippen molar-refractivity contribution in [1.29, 1.82) is 0 Å². The zero-order valence-electron chi connectivity index (χ0n) is 12.8. The smallest absolute Gasteiger partial charge is 0.252 e. The van der Waals surface area contributed by atoms with Crippen LogP contribution >= 0.6 is 23.2 Å². The Hall–Kier alpha value is -2.21. The maximum atomic E-state index is 13.6. The summed E-state index contributed by atoms with van der Waals surface area (Å²) >= 11 is 11.8. The molecule has 0 aliphatic heterocycles. The standard InChI is InChI=1S/C18H13Cl2FN2O2/c19-13-5-11(6-14(20)7-13)16(24)9-23-18(25)12-4-10-2-1-3-15(21)17(10)22-8-12/h1-8,16,24H,9H2,(H,23,25). The zero-order valence-corrected chi connectivity index (χ0v) is 14.4. The predicted octanol–water partition coefficient (Wildman–Crippen LogP) is 4.14. The van der Waals surface area contributed by atoms with E-state index in [0.29, 0.717) is 21.0 Å². The number of nitrogens with one attached hydrogen (secondary N) is 1. The summed E-state index contributed by atoms with van der Waals surface area (Å²) in [5, 5.41) is 14.1. The maximum Gasteiger partial charge on any atom is 0.252 e. The molecule has 0 aliphatic carbocycles. The number of carbonyl (C=O) groups excluding carboxylic acids is 1. The third-order valence-corrected chi connectivity index (χ3v) is 4.09. The summed E-state index contributed by atoms with van der Waals surface area (Å²) in [6, 6.07) is 10.8. The van der Waals surface area contributed by atoms with Gasteiger partial charge in [-0.15, -0.1) is 0 Å². The number of aliphatic hydroxyl groups is 1. The molecule has 4 nitrogen and oxygen atoms in total. The van der Waals surface area contributed by atoms with Crippen LogP contribution in [0, 0.1) is 5.82 Å². The number of benzene rings is 2. The fraction of sp³-hybridized carbons (Fsp3) is 0.111. The van der Waals surface area contributed by atoms with Gasteiger partial charge in [0, 0.05) is 28.2 Å². The molecule has 2 aromatic carbocycles. The van der Waals surface area contributed by atoms with Gasteiger partial charge in [-0.2, -0.15) is 0 Å². The fourth-order valence-corrected chi connectivity index (χ4v) is 2.97. The first-order valence-corrected chi connectivity index (χ1v) is 8.16. The summed E-state index contributed by atoms with van der Waals surface area (Å²) in [6.07, 6.45) is 0.328. The van der Waals surface area contributed by atoms with E-state index in [-0.39, 0.29) is 17.6 Å². The molecular weight excluding hydrogens is 366 g/mol. The average Bonchev–Trinajstić information content (AvgIpc) is 2.58. The van der Waals surface area contributed by atoms with Gasteiger partial charge in [0.25, 0.3) is 5.91 Å². The van der Waals surface area contributed by atoms with Gasteiger partial charge in [0.1, 0.15) is 11.3 Å². The highest BCUT2D eigenvalue weighted by Crippen LogP contribution is 2.23. The lowest BCUT2D eigenvalue weighted by molar-refractivity contribution is 0.0916. The summed E-state index contributed by atoms with van der Waals surface area (Å²) in [5.74, 6) is -0.872. The van der Waals surface area contributed by atoms with Crippen LogP contribution < -0.4 is 5.32 Å². The van der Waals surface area contributed by atoms with Crippen molar-refractivity contribution in [2.45, 2.75) is 6.10 Å². The van der Waals surface area contributed by atoms with Crippen LogP contribution in [0.25, 0.3) is 10.9 Å². The van der Waals surface area contributed by atoms with Gasteiger partial charge in [0.05, 0.1) is 11.7 Å². The first kappa shape index (κ1) is 17.6. The molecule has 25 heavy (non-hydrogen) atoms. The second-order valence-electron chi connectivity index (χ2n) is 5.46. The quantitative estimate of drug-likeness (QED) is 0.716. The van der Waals surface area contributed by atoms with Crippen LogP contribution in [0.2, 0.25) is 10.0 Å². The molecule has 1 atom stereocenters. The highest BCUT2D eigenvalue weighted by atomic mass is 35.5. The van der Waals surface area contributed by atoms with Crippen molar-refractivity contribution in [2.24, 2.45) is 0 Å². The number of aliphatic hydroxyl groups excluding tert-OH is 1. The van der Waals surface area contributed by atoms with E-state index in [0.717, 1.165) is 0 Å². The first-order chi connectivity index (χ1) is 11.9. The lowest BCUT2D eigenvalue weighted by Crippen LogP contribution is -2.28. The topological polar surface area (TPSA) is 62.2 Å². The molecule has 3 aromatic rings. The molecule has 0 spiro atoms. The molecule has 1 amide bonds. The number of amides is 1. The number of carbonyl (C=O) groups is 1. The van der Waals surface area contributed by atoms with Crippen molar-refractivity contribution < 1.29 is 14.3 Å². The lowest BCUT2D eigenvalue weighted by Gasteiger charge is -2.13. The third kappa shape index (κ3) is 4.07. The highest BCUT2D eigenvalue weighted by molar-refractivity contribution is 6.34. The van der Waals surface area contributed by atoms with E-state index in [2.05, 4.69) is 10.3 Å². The third-order valence-electron chi connectivity index (χ3n) is 3.65. The molecule has 3 rings (SSSR count). The number of rotatable bonds is 4. The number of para-hydroxylation sites is 1. The normalized spacial score (nSPS) is 12.2. The SMILES string of the molecule is O=C(NCC(O)c1cc(Cl)cc(Cl)c1)c1cnc2c(F)cccc2c1. The van der Waals surface area contributed by atoms with Crippen LogP contribution in [0.3, 0.4) is 0 Å². The van der Waals surface area contributed by atoms with Gasteiger partial charge < -0.3 is 10.4 Å². The summed E-state index contributed by atoms with van der Waals surface area (Å²) < 4.78 is 13.6. The van der Waals surface area contributed by atoms with Crippen molar-refractivity contribution in [3.63, 3.8) is 0 Å². The van der Waals surface area contributed by atoms with E-state index >= 15 is 0 Å². The van der Waals surface area contributed by atoms with E-state index < -0.39 is 17.8 Å². The van der Waals surface area contributed by atoms with Crippen LogP contribution in [-0.4, -0.2) is 22.5 Å². The van der Waals surface area contributed by atoms with Crippen molar-refractivity contribution in [2.75, 3.05) is 6.54 Å². The van der Waals surface area contributed by atoms with Crippen LogP contribution in [-0.2, 0) is 0 Å². The number of aromatic nitrogens is 1. The van der Waals surface area contributed by atoms with Gasteiger partial charge in [0.2, 0.25) is 0 Å². The van der Waals surface area contributed by atoms with Crippen molar-refractivity contribution in [3.8, 4) is 0 Å². The maximum absolute atomic E-state index is 13.6. The minimum atomic E-state index is -0.967.